The number of carbonyl (C=O) groups excluding carboxylic acids is 2. The van der Waals surface area contributed by atoms with Gasteiger partial charge in [-0.1, -0.05) is 67.1 Å². The third kappa shape index (κ3) is 2.63. The third-order valence-electron chi connectivity index (χ3n) is 6.54. The molecule has 3 aliphatic rings. The lowest BCUT2D eigenvalue weighted by molar-refractivity contribution is -0.0123. The number of urea groups is 2. The molecule has 3 fully saturated rings. The van der Waals surface area contributed by atoms with E-state index >= 15 is 0 Å². The van der Waals surface area contributed by atoms with Crippen molar-refractivity contribution in [2.45, 2.75) is 37.0 Å². The topological polar surface area (TPSA) is 82.3 Å². The summed E-state index contributed by atoms with van der Waals surface area (Å²) in [5, 5.41) is 12.5. The summed E-state index contributed by atoms with van der Waals surface area (Å²) in [7, 11) is 0. The molecule has 2 aromatic carbocycles. The maximum Gasteiger partial charge on any atom is 0.317 e. The standard InChI is InChI=1S/C22H24N4O2/c27-20-23-18(14-8-3-1-4-9-14)16-12-7-13-17-19(15-10-5-2-6-11-15)24-21(28)26-22(16,17)25-20/h1-6,8-11,16-19H,7,12-13H2,(H2,23,25,27)(H2,24,26,28)/t16-,17+,18-,19+,22?. The predicted octanol–water partition coefficient (Wildman–Crippen LogP) is 3.21. The van der Waals surface area contributed by atoms with E-state index in [9.17, 15) is 9.59 Å². The maximum absolute atomic E-state index is 12.7. The zero-order chi connectivity index (χ0) is 19.1. The van der Waals surface area contributed by atoms with Crippen molar-refractivity contribution in [1.29, 1.82) is 0 Å². The Kier molecular flexibility index (Phi) is 4.00. The average Bonchev–Trinajstić information content (AvgIpc) is 2.72. The quantitative estimate of drug-likeness (QED) is 0.649. The van der Waals surface area contributed by atoms with Gasteiger partial charge in [-0.2, -0.15) is 0 Å². The second-order valence-corrected chi connectivity index (χ2v) is 7.99. The smallest absolute Gasteiger partial charge is 0.317 e. The molecule has 0 bridgehead atoms. The lowest BCUT2D eigenvalue weighted by atomic mass is 9.62. The Bertz CT molecular complexity index is 812. The minimum atomic E-state index is -0.760. The van der Waals surface area contributed by atoms with Crippen molar-refractivity contribution >= 4 is 12.1 Å². The Hall–Kier alpha value is -3.02. The molecule has 28 heavy (non-hydrogen) atoms. The van der Waals surface area contributed by atoms with E-state index in [0.29, 0.717) is 0 Å². The van der Waals surface area contributed by atoms with Crippen LogP contribution in [0.15, 0.2) is 60.7 Å². The van der Waals surface area contributed by atoms with E-state index < -0.39 is 5.66 Å². The molecule has 0 aromatic heterocycles. The van der Waals surface area contributed by atoms with E-state index in [-0.39, 0.29) is 36.0 Å². The highest BCUT2D eigenvalue weighted by Crippen LogP contribution is 2.50. The van der Waals surface area contributed by atoms with E-state index in [1.54, 1.807) is 0 Å². The Morgan fingerprint density at radius 1 is 0.679 bits per heavy atom. The van der Waals surface area contributed by atoms with Gasteiger partial charge in [0.05, 0.1) is 12.1 Å². The molecule has 2 saturated heterocycles. The van der Waals surface area contributed by atoms with Gasteiger partial charge >= 0.3 is 12.1 Å². The van der Waals surface area contributed by atoms with Crippen LogP contribution in [-0.4, -0.2) is 17.7 Å². The zero-order valence-corrected chi connectivity index (χ0v) is 15.5. The molecule has 2 aromatic rings. The molecule has 6 heteroatoms. The first-order valence-corrected chi connectivity index (χ1v) is 9.94. The molecule has 0 radical (unpaired) electrons. The lowest BCUT2D eigenvalue weighted by Crippen LogP contribution is -2.80. The SMILES string of the molecule is O=C1N[C@H](c2ccccc2)[C@H]2CCC[C@H]3[C@H](c4ccccc4)NC(=O)NC23N1. The van der Waals surface area contributed by atoms with Crippen LogP contribution in [0.2, 0.25) is 0 Å². The van der Waals surface area contributed by atoms with Crippen LogP contribution in [-0.2, 0) is 0 Å². The van der Waals surface area contributed by atoms with Crippen LogP contribution >= 0.6 is 0 Å². The summed E-state index contributed by atoms with van der Waals surface area (Å²) in [6, 6.07) is 19.4. The fraction of sp³-hybridized carbons (Fsp3) is 0.364. The second kappa shape index (κ2) is 6.55. The van der Waals surface area contributed by atoms with E-state index in [1.807, 2.05) is 60.7 Å². The fourth-order valence-corrected chi connectivity index (χ4v) is 5.43. The van der Waals surface area contributed by atoms with Crippen LogP contribution in [0.3, 0.4) is 0 Å². The third-order valence-corrected chi connectivity index (χ3v) is 6.54. The fourth-order valence-electron chi connectivity index (χ4n) is 5.43. The predicted molar refractivity (Wildman–Crippen MR) is 105 cm³/mol. The Labute approximate surface area is 164 Å². The van der Waals surface area contributed by atoms with Gasteiger partial charge in [0.1, 0.15) is 5.66 Å². The molecular formula is C22H24N4O2. The molecule has 4 N–H and O–H groups in total. The highest BCUT2D eigenvalue weighted by molar-refractivity contribution is 5.81. The molecule has 144 valence electrons. The number of benzene rings is 2. The first kappa shape index (κ1) is 17.1. The average molecular weight is 376 g/mol. The van der Waals surface area contributed by atoms with Gasteiger partial charge in [0.25, 0.3) is 0 Å². The maximum atomic E-state index is 12.7. The number of rotatable bonds is 2. The Morgan fingerprint density at radius 2 is 1.11 bits per heavy atom. The van der Waals surface area contributed by atoms with Crippen LogP contribution < -0.4 is 21.3 Å². The van der Waals surface area contributed by atoms with Crippen molar-refractivity contribution in [3.05, 3.63) is 71.8 Å². The van der Waals surface area contributed by atoms with Gasteiger partial charge in [-0.3, -0.25) is 0 Å². The second-order valence-electron chi connectivity index (χ2n) is 7.99. The molecule has 1 aliphatic carbocycles. The van der Waals surface area contributed by atoms with Crippen LogP contribution in [0, 0.1) is 11.8 Å². The van der Waals surface area contributed by atoms with Crippen molar-refractivity contribution in [3.63, 3.8) is 0 Å². The monoisotopic (exact) mass is 376 g/mol. The number of hydrogen-bond donors (Lipinski definition) is 4. The minimum Gasteiger partial charge on any atom is -0.331 e. The van der Waals surface area contributed by atoms with Gasteiger partial charge in [0, 0.05) is 11.8 Å². The molecular weight excluding hydrogens is 352 g/mol. The number of hydrogen-bond acceptors (Lipinski definition) is 2. The summed E-state index contributed by atoms with van der Waals surface area (Å²) >= 11 is 0. The molecule has 5 atom stereocenters. The molecule has 2 heterocycles. The van der Waals surface area contributed by atoms with Crippen LogP contribution in [0.4, 0.5) is 9.59 Å². The highest BCUT2D eigenvalue weighted by Gasteiger charge is 2.60. The minimum absolute atomic E-state index is 0.0728. The lowest BCUT2D eigenvalue weighted by Gasteiger charge is -2.59. The van der Waals surface area contributed by atoms with Crippen LogP contribution in [0.25, 0.3) is 0 Å². The van der Waals surface area contributed by atoms with Crippen molar-refractivity contribution < 1.29 is 9.59 Å². The van der Waals surface area contributed by atoms with Crippen LogP contribution in [0.5, 0.6) is 0 Å². The van der Waals surface area contributed by atoms with E-state index in [1.165, 1.54) is 0 Å². The van der Waals surface area contributed by atoms with E-state index in [2.05, 4.69) is 21.3 Å². The van der Waals surface area contributed by atoms with Gasteiger partial charge < -0.3 is 21.3 Å². The Morgan fingerprint density at radius 3 is 1.54 bits per heavy atom. The molecule has 5 rings (SSSR count). The Balaban J connectivity index is 1.59. The summed E-state index contributed by atoms with van der Waals surface area (Å²) in [5.41, 5.74) is 1.39. The van der Waals surface area contributed by atoms with Gasteiger partial charge in [-0.05, 0) is 24.0 Å². The van der Waals surface area contributed by atoms with Gasteiger partial charge in [-0.15, -0.1) is 0 Å². The molecule has 1 spiro atoms. The first-order valence-electron chi connectivity index (χ1n) is 9.94. The largest absolute Gasteiger partial charge is 0.331 e. The summed E-state index contributed by atoms with van der Waals surface area (Å²) in [4.78, 5) is 25.4. The van der Waals surface area contributed by atoms with Crippen molar-refractivity contribution in [2.24, 2.45) is 11.8 Å². The highest BCUT2D eigenvalue weighted by atomic mass is 16.2. The first-order chi connectivity index (χ1) is 13.7. The molecule has 1 saturated carbocycles. The van der Waals surface area contributed by atoms with Gasteiger partial charge in [-0.25, -0.2) is 9.59 Å². The van der Waals surface area contributed by atoms with Gasteiger partial charge in [0.15, 0.2) is 0 Å². The van der Waals surface area contributed by atoms with Crippen molar-refractivity contribution in [2.75, 3.05) is 0 Å². The molecule has 6 nitrogen and oxygen atoms in total. The molecule has 2 aliphatic heterocycles. The van der Waals surface area contributed by atoms with Crippen LogP contribution in [0.1, 0.15) is 42.5 Å². The van der Waals surface area contributed by atoms with Crippen molar-refractivity contribution in [1.82, 2.24) is 21.3 Å². The van der Waals surface area contributed by atoms with E-state index in [4.69, 9.17) is 0 Å². The number of carbonyl (C=O) groups is 2. The summed E-state index contributed by atoms with van der Waals surface area (Å²) < 4.78 is 0. The van der Waals surface area contributed by atoms with E-state index in [0.717, 1.165) is 30.4 Å². The number of amides is 4. The normalized spacial score (nSPS) is 34.0. The number of nitrogens with one attached hydrogen (secondary N) is 4. The summed E-state index contributed by atoms with van der Waals surface area (Å²) in [6.45, 7) is 0. The summed E-state index contributed by atoms with van der Waals surface area (Å²) in [6.07, 6.45) is 2.93. The van der Waals surface area contributed by atoms with Gasteiger partial charge in [0.2, 0.25) is 0 Å². The molecule has 1 unspecified atom stereocenters. The zero-order valence-electron chi connectivity index (χ0n) is 15.5. The molecule has 4 amide bonds. The summed E-state index contributed by atoms with van der Waals surface area (Å²) in [5.74, 6) is 0.146. The van der Waals surface area contributed by atoms with Crippen molar-refractivity contribution in [3.8, 4) is 0 Å².